The lowest BCUT2D eigenvalue weighted by atomic mass is 10.1. The molecule has 0 aromatic heterocycles. The summed E-state index contributed by atoms with van der Waals surface area (Å²) in [4.78, 5) is 13.6. The number of nitrogens with zero attached hydrogens (tertiary/aromatic N) is 2. The molecule has 0 aliphatic rings. The number of amides is 1. The monoisotopic (exact) mass is 262 g/mol. The number of carbonyl (C=O) groups excluding carboxylic acids is 1. The first-order valence-electron chi connectivity index (χ1n) is 6.21. The van der Waals surface area contributed by atoms with Gasteiger partial charge in [-0.1, -0.05) is 30.3 Å². The molecule has 0 aliphatic heterocycles. The van der Waals surface area contributed by atoms with Gasteiger partial charge in [0.1, 0.15) is 0 Å². The number of hydrogen-bond acceptors (Lipinski definition) is 2. The van der Waals surface area contributed by atoms with Crippen molar-refractivity contribution in [2.45, 2.75) is 0 Å². The zero-order chi connectivity index (χ0) is 14.4. The highest BCUT2D eigenvalue weighted by atomic mass is 16.2. The van der Waals surface area contributed by atoms with Crippen LogP contribution in [0.25, 0.3) is 6.08 Å². The molecule has 3 heteroatoms. The number of carbonyl (C=O) groups is 1. The molecule has 2 rings (SSSR count). The summed E-state index contributed by atoms with van der Waals surface area (Å²) in [6, 6.07) is 18.6. The number of anilines is 1. The number of nitriles is 1. The molecule has 0 spiro atoms. The predicted octanol–water partition coefficient (Wildman–Crippen LogP) is 3.23. The van der Waals surface area contributed by atoms with E-state index in [2.05, 4.69) is 6.07 Å². The minimum Gasteiger partial charge on any atom is -0.312 e. The van der Waals surface area contributed by atoms with Crippen LogP contribution in [0.2, 0.25) is 0 Å². The number of benzene rings is 2. The van der Waals surface area contributed by atoms with Crippen molar-refractivity contribution in [2.75, 3.05) is 11.9 Å². The molecule has 0 fully saturated rings. The molecular weight excluding hydrogens is 248 g/mol. The molecule has 20 heavy (non-hydrogen) atoms. The van der Waals surface area contributed by atoms with Gasteiger partial charge in [0.2, 0.25) is 0 Å². The predicted molar refractivity (Wildman–Crippen MR) is 80.0 cm³/mol. The standard InChI is InChI=1S/C17H14N2O/c1-19(16-5-3-2-4-6-16)17(20)12-11-14-7-9-15(13-18)10-8-14/h2-12H,1H3/b12-11+. The summed E-state index contributed by atoms with van der Waals surface area (Å²) in [7, 11) is 1.74. The van der Waals surface area contributed by atoms with Crippen LogP contribution in [0.3, 0.4) is 0 Å². The summed E-state index contributed by atoms with van der Waals surface area (Å²) in [5.41, 5.74) is 2.34. The van der Waals surface area contributed by atoms with Gasteiger partial charge >= 0.3 is 0 Å². The summed E-state index contributed by atoms with van der Waals surface area (Å²) >= 11 is 0. The molecule has 98 valence electrons. The van der Waals surface area contributed by atoms with Gasteiger partial charge in [0.25, 0.3) is 5.91 Å². The summed E-state index contributed by atoms with van der Waals surface area (Å²) in [6.07, 6.45) is 3.26. The van der Waals surface area contributed by atoms with Crippen molar-refractivity contribution in [3.63, 3.8) is 0 Å². The molecule has 3 nitrogen and oxygen atoms in total. The number of para-hydroxylation sites is 1. The molecule has 0 aliphatic carbocycles. The lowest BCUT2D eigenvalue weighted by Crippen LogP contribution is -2.23. The Bertz CT molecular complexity index is 652. The van der Waals surface area contributed by atoms with Gasteiger partial charge in [0.05, 0.1) is 11.6 Å². The van der Waals surface area contributed by atoms with Crippen molar-refractivity contribution >= 4 is 17.7 Å². The molecule has 0 radical (unpaired) electrons. The van der Waals surface area contributed by atoms with Crippen LogP contribution in [0.1, 0.15) is 11.1 Å². The molecule has 2 aromatic carbocycles. The van der Waals surface area contributed by atoms with Gasteiger partial charge in [-0.05, 0) is 35.9 Å². The maximum absolute atomic E-state index is 12.0. The van der Waals surface area contributed by atoms with Crippen LogP contribution in [0.4, 0.5) is 5.69 Å². The highest BCUT2D eigenvalue weighted by Gasteiger charge is 2.06. The molecule has 0 unspecified atom stereocenters. The molecule has 0 saturated carbocycles. The summed E-state index contributed by atoms with van der Waals surface area (Å²) in [5.74, 6) is -0.0967. The fraction of sp³-hybridized carbons (Fsp3) is 0.0588. The van der Waals surface area contributed by atoms with Crippen LogP contribution in [-0.2, 0) is 4.79 Å². The third kappa shape index (κ3) is 3.33. The molecule has 0 atom stereocenters. The molecule has 0 heterocycles. The van der Waals surface area contributed by atoms with Crippen molar-refractivity contribution in [3.8, 4) is 6.07 Å². The van der Waals surface area contributed by atoms with E-state index in [1.807, 2.05) is 42.5 Å². The highest BCUT2D eigenvalue weighted by molar-refractivity contribution is 6.03. The van der Waals surface area contributed by atoms with E-state index in [-0.39, 0.29) is 5.91 Å². The first-order valence-corrected chi connectivity index (χ1v) is 6.21. The normalized spacial score (nSPS) is 10.2. The van der Waals surface area contributed by atoms with E-state index in [1.165, 1.54) is 6.08 Å². The first-order chi connectivity index (χ1) is 9.70. The van der Waals surface area contributed by atoms with Crippen molar-refractivity contribution in [1.29, 1.82) is 5.26 Å². The molecule has 0 N–H and O–H groups in total. The minimum atomic E-state index is -0.0967. The van der Waals surface area contributed by atoms with E-state index < -0.39 is 0 Å². The molecular formula is C17H14N2O. The Hall–Kier alpha value is -2.86. The molecule has 0 bridgehead atoms. The topological polar surface area (TPSA) is 44.1 Å². The zero-order valence-electron chi connectivity index (χ0n) is 11.2. The average molecular weight is 262 g/mol. The van der Waals surface area contributed by atoms with Gasteiger partial charge in [-0.25, -0.2) is 0 Å². The Kier molecular flexibility index (Phi) is 4.31. The van der Waals surface area contributed by atoms with Crippen molar-refractivity contribution in [1.82, 2.24) is 0 Å². The third-order valence-electron chi connectivity index (χ3n) is 2.93. The smallest absolute Gasteiger partial charge is 0.250 e. The van der Waals surface area contributed by atoms with Crippen LogP contribution >= 0.6 is 0 Å². The van der Waals surface area contributed by atoms with Crippen molar-refractivity contribution in [2.24, 2.45) is 0 Å². The van der Waals surface area contributed by atoms with Gasteiger partial charge in [0, 0.05) is 18.8 Å². The first kappa shape index (κ1) is 13.6. The van der Waals surface area contributed by atoms with Crippen LogP contribution < -0.4 is 4.90 Å². The second kappa shape index (κ2) is 6.35. The minimum absolute atomic E-state index is 0.0967. The number of hydrogen-bond donors (Lipinski definition) is 0. The molecule has 0 saturated heterocycles. The lowest BCUT2D eigenvalue weighted by molar-refractivity contribution is -0.113. The van der Waals surface area contributed by atoms with Crippen LogP contribution in [0, 0.1) is 11.3 Å². The molecule has 2 aromatic rings. The van der Waals surface area contributed by atoms with Crippen molar-refractivity contribution < 1.29 is 4.79 Å². The average Bonchev–Trinajstić information content (AvgIpc) is 2.53. The van der Waals surface area contributed by atoms with Gasteiger partial charge < -0.3 is 4.90 Å². The van der Waals surface area contributed by atoms with E-state index in [1.54, 1.807) is 30.2 Å². The van der Waals surface area contributed by atoms with Crippen LogP contribution in [-0.4, -0.2) is 13.0 Å². The van der Waals surface area contributed by atoms with Gasteiger partial charge in [-0.15, -0.1) is 0 Å². The summed E-state index contributed by atoms with van der Waals surface area (Å²) < 4.78 is 0. The Morgan fingerprint density at radius 3 is 2.35 bits per heavy atom. The van der Waals surface area contributed by atoms with E-state index in [9.17, 15) is 4.79 Å². The van der Waals surface area contributed by atoms with Crippen LogP contribution in [0.15, 0.2) is 60.7 Å². The highest BCUT2D eigenvalue weighted by Crippen LogP contribution is 2.12. The van der Waals surface area contributed by atoms with E-state index in [0.717, 1.165) is 11.3 Å². The third-order valence-corrected chi connectivity index (χ3v) is 2.93. The van der Waals surface area contributed by atoms with Gasteiger partial charge in [-0.3, -0.25) is 4.79 Å². The maximum Gasteiger partial charge on any atom is 0.250 e. The second-order valence-corrected chi connectivity index (χ2v) is 4.30. The maximum atomic E-state index is 12.0. The molecule has 1 amide bonds. The van der Waals surface area contributed by atoms with E-state index in [4.69, 9.17) is 5.26 Å². The van der Waals surface area contributed by atoms with Gasteiger partial charge in [0.15, 0.2) is 0 Å². The van der Waals surface area contributed by atoms with E-state index in [0.29, 0.717) is 5.56 Å². The second-order valence-electron chi connectivity index (χ2n) is 4.30. The summed E-state index contributed by atoms with van der Waals surface area (Å²) in [6.45, 7) is 0. The Morgan fingerprint density at radius 2 is 1.75 bits per heavy atom. The Morgan fingerprint density at radius 1 is 1.10 bits per heavy atom. The lowest BCUT2D eigenvalue weighted by Gasteiger charge is -2.14. The largest absolute Gasteiger partial charge is 0.312 e. The van der Waals surface area contributed by atoms with Gasteiger partial charge in [-0.2, -0.15) is 5.26 Å². The quantitative estimate of drug-likeness (QED) is 0.797. The van der Waals surface area contributed by atoms with E-state index >= 15 is 0 Å². The Labute approximate surface area is 118 Å². The summed E-state index contributed by atoms with van der Waals surface area (Å²) in [5, 5.41) is 8.72. The number of likely N-dealkylation sites (N-methyl/N-ethyl adjacent to an activating group) is 1. The Balaban J connectivity index is 2.07. The fourth-order valence-electron chi connectivity index (χ4n) is 1.73. The van der Waals surface area contributed by atoms with Crippen molar-refractivity contribution in [3.05, 3.63) is 71.8 Å². The SMILES string of the molecule is CN(C(=O)/C=C/c1ccc(C#N)cc1)c1ccccc1. The zero-order valence-corrected chi connectivity index (χ0v) is 11.2. The number of rotatable bonds is 3. The van der Waals surface area contributed by atoms with Crippen LogP contribution in [0.5, 0.6) is 0 Å². The fourth-order valence-corrected chi connectivity index (χ4v) is 1.73.